The van der Waals surface area contributed by atoms with Gasteiger partial charge in [-0.3, -0.25) is 4.68 Å². The van der Waals surface area contributed by atoms with Gasteiger partial charge in [-0.15, -0.1) is 17.5 Å². The lowest BCUT2D eigenvalue weighted by Crippen LogP contribution is -2.26. The molecule has 0 bridgehead atoms. The molecule has 6 heteroatoms. The normalized spacial score (nSPS) is 20.8. The molecule has 1 aromatic rings. The Morgan fingerprint density at radius 3 is 3.07 bits per heavy atom. The van der Waals surface area contributed by atoms with E-state index in [0.717, 1.165) is 13.1 Å². The molecule has 14 heavy (non-hydrogen) atoms. The summed E-state index contributed by atoms with van der Waals surface area (Å²) in [4.78, 5) is 0. The maximum absolute atomic E-state index is 8.78. The van der Waals surface area contributed by atoms with Crippen LogP contribution in [0.2, 0.25) is 0 Å². The molecule has 2 N–H and O–H groups in total. The molecule has 0 spiro atoms. The molecule has 0 amide bonds. The quantitative estimate of drug-likeness (QED) is 0.747. The fourth-order valence-corrected chi connectivity index (χ4v) is 1.64. The summed E-state index contributed by atoms with van der Waals surface area (Å²) < 4.78 is 1.79. The Labute approximate surface area is 88.9 Å². The number of aliphatic hydroxyl groups excluding tert-OH is 1. The van der Waals surface area contributed by atoms with E-state index in [0.29, 0.717) is 11.7 Å². The van der Waals surface area contributed by atoms with Gasteiger partial charge in [0.15, 0.2) is 0 Å². The summed E-state index contributed by atoms with van der Waals surface area (Å²) in [6, 6.07) is 0.522. The highest BCUT2D eigenvalue weighted by Gasteiger charge is 2.14. The standard InChI is InChI=1S/C8H14N4O.ClH/c13-6-8-5-12(11-10-8)4-7-2-1-3-9-7;/h5,7,9,13H,1-4,6H2;1H/t7-;/m0./s1. The highest BCUT2D eigenvalue weighted by molar-refractivity contribution is 5.85. The molecular weight excluding hydrogens is 204 g/mol. The third-order valence-corrected chi connectivity index (χ3v) is 2.32. The zero-order valence-corrected chi connectivity index (χ0v) is 8.70. The highest BCUT2D eigenvalue weighted by atomic mass is 35.5. The van der Waals surface area contributed by atoms with Crippen molar-refractivity contribution in [1.29, 1.82) is 0 Å². The number of halogens is 1. The summed E-state index contributed by atoms with van der Waals surface area (Å²) in [6.45, 7) is 1.93. The van der Waals surface area contributed by atoms with E-state index in [1.165, 1.54) is 12.8 Å². The van der Waals surface area contributed by atoms with E-state index in [-0.39, 0.29) is 19.0 Å². The van der Waals surface area contributed by atoms with Gasteiger partial charge in [-0.25, -0.2) is 0 Å². The summed E-state index contributed by atoms with van der Waals surface area (Å²) in [5, 5.41) is 19.9. The molecule has 2 rings (SSSR count). The summed E-state index contributed by atoms with van der Waals surface area (Å²) in [5.74, 6) is 0. The maximum atomic E-state index is 8.78. The third kappa shape index (κ3) is 2.67. The van der Waals surface area contributed by atoms with Crippen molar-refractivity contribution < 1.29 is 5.11 Å². The van der Waals surface area contributed by atoms with Gasteiger partial charge < -0.3 is 10.4 Å². The van der Waals surface area contributed by atoms with Crippen molar-refractivity contribution in [3.8, 4) is 0 Å². The molecule has 0 aliphatic carbocycles. The first-order valence-corrected chi connectivity index (χ1v) is 4.62. The lowest BCUT2D eigenvalue weighted by molar-refractivity contribution is 0.276. The molecule has 1 aliphatic heterocycles. The van der Waals surface area contributed by atoms with E-state index in [2.05, 4.69) is 15.6 Å². The molecule has 1 saturated heterocycles. The first-order valence-electron chi connectivity index (χ1n) is 4.62. The monoisotopic (exact) mass is 218 g/mol. The highest BCUT2D eigenvalue weighted by Crippen LogP contribution is 2.06. The van der Waals surface area contributed by atoms with Crippen LogP contribution in [0.25, 0.3) is 0 Å². The predicted molar refractivity (Wildman–Crippen MR) is 54.2 cm³/mol. The molecule has 80 valence electrons. The minimum absolute atomic E-state index is 0. The molecule has 0 saturated carbocycles. The Kier molecular flexibility index (Phi) is 4.31. The Balaban J connectivity index is 0.000000980. The number of hydrogen-bond acceptors (Lipinski definition) is 4. The minimum Gasteiger partial charge on any atom is -0.390 e. The van der Waals surface area contributed by atoms with E-state index in [4.69, 9.17) is 5.11 Å². The molecule has 1 atom stereocenters. The Morgan fingerprint density at radius 1 is 1.64 bits per heavy atom. The SMILES string of the molecule is Cl.OCc1cn(C[C@@H]2CCCN2)nn1. The van der Waals surface area contributed by atoms with Gasteiger partial charge in [-0.1, -0.05) is 5.21 Å². The van der Waals surface area contributed by atoms with Crippen LogP contribution in [-0.2, 0) is 13.2 Å². The second-order valence-electron chi connectivity index (χ2n) is 3.38. The molecular formula is C8H15ClN4O. The smallest absolute Gasteiger partial charge is 0.108 e. The molecule has 1 aliphatic rings. The van der Waals surface area contributed by atoms with Crippen molar-refractivity contribution in [3.63, 3.8) is 0 Å². The van der Waals surface area contributed by atoms with Crippen LogP contribution in [0.15, 0.2) is 6.20 Å². The number of rotatable bonds is 3. The topological polar surface area (TPSA) is 63.0 Å². The van der Waals surface area contributed by atoms with E-state index in [1.807, 2.05) is 0 Å². The second-order valence-corrected chi connectivity index (χ2v) is 3.38. The lowest BCUT2D eigenvalue weighted by Gasteiger charge is -2.08. The number of nitrogens with zero attached hydrogens (tertiary/aromatic N) is 3. The van der Waals surface area contributed by atoms with Crippen molar-refractivity contribution >= 4 is 12.4 Å². The van der Waals surface area contributed by atoms with Crippen LogP contribution in [0.3, 0.4) is 0 Å². The van der Waals surface area contributed by atoms with Crippen molar-refractivity contribution in [2.45, 2.75) is 32.0 Å². The van der Waals surface area contributed by atoms with Crippen molar-refractivity contribution in [2.75, 3.05) is 6.54 Å². The van der Waals surface area contributed by atoms with Gasteiger partial charge >= 0.3 is 0 Å². The van der Waals surface area contributed by atoms with Gasteiger partial charge in [-0.05, 0) is 19.4 Å². The van der Waals surface area contributed by atoms with Gasteiger partial charge in [0.2, 0.25) is 0 Å². The van der Waals surface area contributed by atoms with E-state index in [1.54, 1.807) is 10.9 Å². The van der Waals surface area contributed by atoms with Crippen LogP contribution in [0.1, 0.15) is 18.5 Å². The number of hydrogen-bond donors (Lipinski definition) is 2. The Morgan fingerprint density at radius 2 is 2.50 bits per heavy atom. The first-order chi connectivity index (χ1) is 6.38. The number of aliphatic hydroxyl groups is 1. The molecule has 0 unspecified atom stereocenters. The second kappa shape index (κ2) is 5.29. The van der Waals surface area contributed by atoms with Crippen molar-refractivity contribution in [2.24, 2.45) is 0 Å². The number of aromatic nitrogens is 3. The average molecular weight is 219 g/mol. The van der Waals surface area contributed by atoms with Crippen LogP contribution >= 0.6 is 12.4 Å². The Bertz CT molecular complexity index is 272. The van der Waals surface area contributed by atoms with Crippen LogP contribution in [0.5, 0.6) is 0 Å². The van der Waals surface area contributed by atoms with E-state index in [9.17, 15) is 0 Å². The van der Waals surface area contributed by atoms with Crippen LogP contribution < -0.4 is 5.32 Å². The Hall–Kier alpha value is -0.650. The molecule has 5 nitrogen and oxygen atoms in total. The zero-order valence-electron chi connectivity index (χ0n) is 7.89. The number of nitrogens with one attached hydrogen (secondary N) is 1. The molecule has 1 fully saturated rings. The van der Waals surface area contributed by atoms with Gasteiger partial charge in [0.25, 0.3) is 0 Å². The molecule has 2 heterocycles. The zero-order chi connectivity index (χ0) is 9.10. The fraction of sp³-hybridized carbons (Fsp3) is 0.750. The summed E-state index contributed by atoms with van der Waals surface area (Å²) >= 11 is 0. The lowest BCUT2D eigenvalue weighted by atomic mass is 10.2. The largest absolute Gasteiger partial charge is 0.390 e. The van der Waals surface area contributed by atoms with Crippen LogP contribution in [0, 0.1) is 0 Å². The summed E-state index contributed by atoms with van der Waals surface area (Å²) in [7, 11) is 0. The third-order valence-electron chi connectivity index (χ3n) is 2.32. The summed E-state index contributed by atoms with van der Waals surface area (Å²) in [5.41, 5.74) is 0.637. The van der Waals surface area contributed by atoms with Gasteiger partial charge in [0.1, 0.15) is 5.69 Å². The maximum Gasteiger partial charge on any atom is 0.108 e. The van der Waals surface area contributed by atoms with Gasteiger partial charge in [-0.2, -0.15) is 0 Å². The fourth-order valence-electron chi connectivity index (χ4n) is 1.64. The van der Waals surface area contributed by atoms with Crippen molar-refractivity contribution in [1.82, 2.24) is 20.3 Å². The van der Waals surface area contributed by atoms with Crippen LogP contribution in [-0.4, -0.2) is 32.7 Å². The predicted octanol–water partition coefficient (Wildman–Crippen LogP) is -0.0558. The van der Waals surface area contributed by atoms with Crippen molar-refractivity contribution in [3.05, 3.63) is 11.9 Å². The van der Waals surface area contributed by atoms with Gasteiger partial charge in [0.05, 0.1) is 19.3 Å². The molecule has 0 radical (unpaired) electrons. The first kappa shape index (κ1) is 11.4. The molecule has 1 aromatic heterocycles. The minimum atomic E-state index is -0.0297. The summed E-state index contributed by atoms with van der Waals surface area (Å²) in [6.07, 6.45) is 4.24. The molecule has 0 aromatic carbocycles. The van der Waals surface area contributed by atoms with Gasteiger partial charge in [0, 0.05) is 6.04 Å². The van der Waals surface area contributed by atoms with Crippen LogP contribution in [0.4, 0.5) is 0 Å². The average Bonchev–Trinajstić information content (AvgIpc) is 2.76. The van der Waals surface area contributed by atoms with E-state index >= 15 is 0 Å². The van der Waals surface area contributed by atoms with E-state index < -0.39 is 0 Å².